The van der Waals surface area contributed by atoms with Gasteiger partial charge in [0.05, 0.1) is 28.8 Å². The minimum atomic E-state index is -3.89. The van der Waals surface area contributed by atoms with Gasteiger partial charge in [-0.15, -0.1) is 11.3 Å². The number of aromatic nitrogens is 4. The van der Waals surface area contributed by atoms with Gasteiger partial charge >= 0.3 is 0 Å². The van der Waals surface area contributed by atoms with E-state index in [9.17, 15) is 18.0 Å². The molecular formula is C27H26N6O5S3. The van der Waals surface area contributed by atoms with E-state index in [1.807, 2.05) is 13.8 Å². The highest BCUT2D eigenvalue weighted by atomic mass is 32.2. The Morgan fingerprint density at radius 3 is 2.51 bits per heavy atom. The van der Waals surface area contributed by atoms with Crippen LogP contribution < -0.4 is 15.6 Å². The van der Waals surface area contributed by atoms with Crippen LogP contribution in [-0.4, -0.2) is 39.6 Å². The van der Waals surface area contributed by atoms with Crippen molar-refractivity contribution in [3.63, 3.8) is 0 Å². The van der Waals surface area contributed by atoms with Crippen LogP contribution in [-0.2, 0) is 21.4 Å². The van der Waals surface area contributed by atoms with E-state index in [0.717, 1.165) is 22.2 Å². The predicted molar refractivity (Wildman–Crippen MR) is 159 cm³/mol. The molecule has 0 radical (unpaired) electrons. The van der Waals surface area contributed by atoms with E-state index >= 15 is 0 Å². The predicted octanol–water partition coefficient (Wildman–Crippen LogP) is 4.65. The quantitative estimate of drug-likeness (QED) is 0.180. The molecule has 1 aromatic carbocycles. The number of thiophene rings is 1. The third-order valence-electron chi connectivity index (χ3n) is 6.13. The van der Waals surface area contributed by atoms with Crippen LogP contribution in [0.3, 0.4) is 0 Å². The third kappa shape index (κ3) is 6.34. The number of carbonyl (C=O) groups is 1. The van der Waals surface area contributed by atoms with Gasteiger partial charge in [0.15, 0.2) is 5.16 Å². The molecule has 4 aromatic heterocycles. The van der Waals surface area contributed by atoms with E-state index in [1.54, 1.807) is 26.0 Å². The Labute approximate surface area is 244 Å². The largest absolute Gasteiger partial charge is 0.467 e. The molecule has 5 rings (SSSR count). The molecule has 0 aliphatic rings. The molecule has 2 N–H and O–H groups in total. The molecule has 5 aromatic rings. The van der Waals surface area contributed by atoms with Gasteiger partial charge in [0.1, 0.15) is 22.2 Å². The second kappa shape index (κ2) is 11.5. The molecule has 0 unspecified atom stereocenters. The number of rotatable bonds is 9. The fourth-order valence-corrected chi connectivity index (χ4v) is 6.99. The Balaban J connectivity index is 1.29. The van der Waals surface area contributed by atoms with Gasteiger partial charge in [0, 0.05) is 22.3 Å². The zero-order valence-electron chi connectivity index (χ0n) is 22.6. The zero-order valence-corrected chi connectivity index (χ0v) is 25.0. The molecule has 4 heterocycles. The van der Waals surface area contributed by atoms with Gasteiger partial charge in [0.25, 0.3) is 15.6 Å². The van der Waals surface area contributed by atoms with E-state index in [4.69, 9.17) is 9.40 Å². The summed E-state index contributed by atoms with van der Waals surface area (Å²) in [6.07, 6.45) is 1.54. The highest BCUT2D eigenvalue weighted by Gasteiger charge is 2.19. The van der Waals surface area contributed by atoms with E-state index < -0.39 is 10.0 Å². The minimum absolute atomic E-state index is 0.0137. The lowest BCUT2D eigenvalue weighted by atomic mass is 10.2. The molecule has 212 valence electrons. The summed E-state index contributed by atoms with van der Waals surface area (Å²) in [7, 11) is -3.89. The van der Waals surface area contributed by atoms with Crippen molar-refractivity contribution in [3.8, 4) is 0 Å². The normalized spacial score (nSPS) is 11.6. The van der Waals surface area contributed by atoms with Crippen LogP contribution in [0.5, 0.6) is 0 Å². The number of nitrogens with zero attached hydrogens (tertiary/aromatic N) is 4. The third-order valence-corrected chi connectivity index (χ3v) is 9.58. The molecule has 14 heteroatoms. The lowest BCUT2D eigenvalue weighted by Crippen LogP contribution is -2.24. The number of nitrogens with one attached hydrogen (secondary N) is 2. The summed E-state index contributed by atoms with van der Waals surface area (Å²) >= 11 is 2.58. The second-order valence-corrected chi connectivity index (χ2v) is 13.1. The Hall–Kier alpha value is -4.01. The molecule has 11 nitrogen and oxygen atoms in total. The number of hydrogen-bond acceptors (Lipinski definition) is 10. The number of sulfonamides is 1. The lowest BCUT2D eigenvalue weighted by molar-refractivity contribution is -0.113. The van der Waals surface area contributed by atoms with Gasteiger partial charge in [-0.3, -0.25) is 18.9 Å². The smallest absolute Gasteiger partial charge is 0.263 e. The molecule has 0 atom stereocenters. The molecule has 0 saturated heterocycles. The van der Waals surface area contributed by atoms with Crippen molar-refractivity contribution < 1.29 is 17.6 Å². The van der Waals surface area contributed by atoms with E-state index in [2.05, 4.69) is 20.0 Å². The molecule has 0 saturated carbocycles. The van der Waals surface area contributed by atoms with Crippen LogP contribution in [0, 0.1) is 27.7 Å². The van der Waals surface area contributed by atoms with Gasteiger partial charge in [-0.2, -0.15) is 0 Å². The first-order valence-corrected chi connectivity index (χ1v) is 15.7. The average molecular weight is 611 g/mol. The number of hydrogen-bond donors (Lipinski definition) is 2. The lowest BCUT2D eigenvalue weighted by Gasteiger charge is -2.12. The topological polar surface area (TPSA) is 149 Å². The summed E-state index contributed by atoms with van der Waals surface area (Å²) in [5, 5.41) is 3.73. The highest BCUT2D eigenvalue weighted by molar-refractivity contribution is 7.99. The number of amides is 1. The first-order chi connectivity index (χ1) is 19.5. The van der Waals surface area contributed by atoms with Crippen molar-refractivity contribution >= 4 is 60.8 Å². The highest BCUT2D eigenvalue weighted by Crippen LogP contribution is 2.29. The number of aryl methyl sites for hydroxylation is 4. The van der Waals surface area contributed by atoms with Crippen LogP contribution in [0.15, 0.2) is 68.0 Å². The van der Waals surface area contributed by atoms with Gasteiger partial charge in [-0.25, -0.2) is 23.4 Å². The molecule has 0 spiro atoms. The molecule has 0 aliphatic heterocycles. The number of fused-ring (bicyclic) bond motifs is 1. The maximum atomic E-state index is 13.4. The Kier molecular flexibility index (Phi) is 7.98. The number of benzene rings is 1. The van der Waals surface area contributed by atoms with E-state index in [1.165, 1.54) is 52.5 Å². The van der Waals surface area contributed by atoms with Gasteiger partial charge in [-0.1, -0.05) is 11.8 Å². The Bertz CT molecular complexity index is 1890. The van der Waals surface area contributed by atoms with Gasteiger partial charge in [0.2, 0.25) is 5.91 Å². The molecule has 0 fully saturated rings. The average Bonchev–Trinajstić information content (AvgIpc) is 3.51. The van der Waals surface area contributed by atoms with Gasteiger partial charge in [-0.05, 0) is 69.7 Å². The Morgan fingerprint density at radius 2 is 1.83 bits per heavy atom. The van der Waals surface area contributed by atoms with Crippen LogP contribution in [0.25, 0.3) is 10.2 Å². The number of carbonyl (C=O) groups excluding carboxylic acids is 1. The maximum Gasteiger partial charge on any atom is 0.263 e. The summed E-state index contributed by atoms with van der Waals surface area (Å²) in [5.41, 5.74) is 1.77. The summed E-state index contributed by atoms with van der Waals surface area (Å²) in [5.74, 6) is 0.863. The molecule has 41 heavy (non-hydrogen) atoms. The number of furan rings is 1. The SMILES string of the molecule is Cc1cc(NS(=O)(=O)c2ccc(NC(=O)CSc3nc4sc(C)c(C)c4c(=O)n3Cc3ccco3)cc2)nc(C)n1. The molecular weight excluding hydrogens is 585 g/mol. The number of thioether (sulfide) groups is 1. The summed E-state index contributed by atoms with van der Waals surface area (Å²) < 4.78 is 35.0. The molecule has 0 aliphatic carbocycles. The second-order valence-electron chi connectivity index (χ2n) is 9.24. The van der Waals surface area contributed by atoms with Crippen LogP contribution in [0.1, 0.15) is 27.7 Å². The fourth-order valence-electron chi connectivity index (χ4n) is 4.13. The molecule has 0 bridgehead atoms. The van der Waals surface area contributed by atoms with Crippen LogP contribution >= 0.6 is 23.1 Å². The van der Waals surface area contributed by atoms with Gasteiger partial charge < -0.3 is 9.73 Å². The monoisotopic (exact) mass is 610 g/mol. The fraction of sp³-hybridized carbons (Fsp3) is 0.222. The van der Waals surface area contributed by atoms with Crippen molar-refractivity contribution in [1.82, 2.24) is 19.5 Å². The number of anilines is 2. The van der Waals surface area contributed by atoms with E-state index in [0.29, 0.717) is 38.3 Å². The van der Waals surface area contributed by atoms with Crippen LogP contribution in [0.2, 0.25) is 0 Å². The summed E-state index contributed by atoms with van der Waals surface area (Å²) in [4.78, 5) is 40.8. The Morgan fingerprint density at radius 1 is 1.07 bits per heavy atom. The van der Waals surface area contributed by atoms with E-state index in [-0.39, 0.29) is 34.5 Å². The van der Waals surface area contributed by atoms with Crippen molar-refractivity contribution in [1.29, 1.82) is 0 Å². The molecule has 1 amide bonds. The van der Waals surface area contributed by atoms with Crippen molar-refractivity contribution in [3.05, 3.63) is 86.8 Å². The van der Waals surface area contributed by atoms with Crippen molar-refractivity contribution in [2.45, 2.75) is 44.3 Å². The summed E-state index contributed by atoms with van der Waals surface area (Å²) in [6, 6.07) is 10.9. The first-order valence-electron chi connectivity index (χ1n) is 12.4. The maximum absolute atomic E-state index is 13.4. The summed E-state index contributed by atoms with van der Waals surface area (Å²) in [6.45, 7) is 7.46. The van der Waals surface area contributed by atoms with Crippen molar-refractivity contribution in [2.75, 3.05) is 15.8 Å². The minimum Gasteiger partial charge on any atom is -0.467 e. The standard InChI is InChI=1S/C27H26N6O5S3/c1-15-12-22(29-18(4)28-15)32-41(36,37)21-9-7-19(8-10-21)30-23(34)14-39-27-31-25-24(16(2)17(3)40-25)26(35)33(27)13-20-6-5-11-38-20/h5-12H,13-14H2,1-4H3,(H,30,34)(H,28,29,32). The van der Waals surface area contributed by atoms with Crippen molar-refractivity contribution in [2.24, 2.45) is 0 Å². The van der Waals surface area contributed by atoms with Crippen LogP contribution in [0.4, 0.5) is 11.5 Å². The zero-order chi connectivity index (χ0) is 29.3. The first kappa shape index (κ1) is 28.5.